The van der Waals surface area contributed by atoms with E-state index in [2.05, 4.69) is 10.2 Å². The Labute approximate surface area is 111 Å². The van der Waals surface area contributed by atoms with E-state index in [4.69, 9.17) is 11.6 Å². The highest BCUT2D eigenvalue weighted by molar-refractivity contribution is 6.31. The summed E-state index contributed by atoms with van der Waals surface area (Å²) in [5, 5.41) is 14.4. The van der Waals surface area contributed by atoms with E-state index in [9.17, 15) is 10.1 Å². The number of nitrogens with zero attached hydrogens (tertiary/aromatic N) is 2. The molecule has 0 atom stereocenters. The molecule has 1 heterocycles. The molecule has 0 amide bonds. The molecule has 1 saturated heterocycles. The van der Waals surface area contributed by atoms with Gasteiger partial charge in [-0.25, -0.2) is 0 Å². The van der Waals surface area contributed by atoms with Gasteiger partial charge in [-0.2, -0.15) is 0 Å². The summed E-state index contributed by atoms with van der Waals surface area (Å²) in [5.74, 6) is 0. The first-order valence-corrected chi connectivity index (χ1v) is 6.40. The molecule has 1 aromatic rings. The molecular formula is C12H16ClN3O2. The summed E-state index contributed by atoms with van der Waals surface area (Å²) in [6.07, 6.45) is 1.12. The lowest BCUT2D eigenvalue weighted by molar-refractivity contribution is -0.384. The Balaban J connectivity index is 2.06. The number of nitro groups is 1. The number of rotatable bonds is 3. The smallest absolute Gasteiger partial charge is 0.270 e. The minimum atomic E-state index is -0.425. The lowest BCUT2D eigenvalue weighted by Gasteiger charge is -2.19. The first-order valence-electron chi connectivity index (χ1n) is 6.03. The Bertz CT molecular complexity index is 431. The Morgan fingerprint density at radius 2 is 2.22 bits per heavy atom. The summed E-state index contributed by atoms with van der Waals surface area (Å²) < 4.78 is 0. The van der Waals surface area contributed by atoms with Crippen molar-refractivity contribution in [3.63, 3.8) is 0 Å². The van der Waals surface area contributed by atoms with Crippen LogP contribution in [0.4, 0.5) is 5.69 Å². The maximum absolute atomic E-state index is 10.6. The van der Waals surface area contributed by atoms with Crippen LogP contribution in [0.15, 0.2) is 18.2 Å². The van der Waals surface area contributed by atoms with Gasteiger partial charge in [0.25, 0.3) is 5.69 Å². The van der Waals surface area contributed by atoms with Crippen LogP contribution in [-0.2, 0) is 6.54 Å². The van der Waals surface area contributed by atoms with E-state index in [0.29, 0.717) is 5.02 Å². The summed E-state index contributed by atoms with van der Waals surface area (Å²) >= 11 is 6.09. The van der Waals surface area contributed by atoms with Gasteiger partial charge >= 0.3 is 0 Å². The quantitative estimate of drug-likeness (QED) is 0.674. The second-order valence-corrected chi connectivity index (χ2v) is 4.82. The zero-order chi connectivity index (χ0) is 13.0. The highest BCUT2D eigenvalue weighted by Gasteiger charge is 2.13. The molecule has 0 aliphatic carbocycles. The molecule has 1 aliphatic rings. The first kappa shape index (κ1) is 13.3. The first-order chi connectivity index (χ1) is 8.66. The summed E-state index contributed by atoms with van der Waals surface area (Å²) in [6.45, 7) is 4.78. The normalized spacial score (nSPS) is 17.4. The fourth-order valence-corrected chi connectivity index (χ4v) is 2.31. The van der Waals surface area contributed by atoms with Crippen LogP contribution in [0.25, 0.3) is 0 Å². The zero-order valence-corrected chi connectivity index (χ0v) is 10.8. The molecule has 1 fully saturated rings. The predicted molar refractivity (Wildman–Crippen MR) is 70.9 cm³/mol. The molecule has 6 heteroatoms. The summed E-state index contributed by atoms with van der Waals surface area (Å²) in [6, 6.07) is 4.68. The van der Waals surface area contributed by atoms with Gasteiger partial charge in [-0.15, -0.1) is 0 Å². The van der Waals surface area contributed by atoms with Gasteiger partial charge in [-0.05, 0) is 31.1 Å². The van der Waals surface area contributed by atoms with Gasteiger partial charge < -0.3 is 5.32 Å². The monoisotopic (exact) mass is 269 g/mol. The molecule has 0 spiro atoms. The van der Waals surface area contributed by atoms with E-state index in [1.165, 1.54) is 12.1 Å². The van der Waals surface area contributed by atoms with Crippen LogP contribution in [0.1, 0.15) is 12.0 Å². The van der Waals surface area contributed by atoms with Crippen LogP contribution >= 0.6 is 11.6 Å². The molecule has 0 aromatic heterocycles. The third-order valence-corrected chi connectivity index (χ3v) is 3.43. The van der Waals surface area contributed by atoms with E-state index >= 15 is 0 Å². The van der Waals surface area contributed by atoms with E-state index in [0.717, 1.165) is 44.7 Å². The van der Waals surface area contributed by atoms with Gasteiger partial charge in [0.2, 0.25) is 0 Å². The second-order valence-electron chi connectivity index (χ2n) is 4.41. The third kappa shape index (κ3) is 3.41. The van der Waals surface area contributed by atoms with Crippen LogP contribution in [0, 0.1) is 10.1 Å². The number of benzene rings is 1. The number of nitrogens with one attached hydrogen (secondary N) is 1. The molecule has 0 saturated carbocycles. The van der Waals surface area contributed by atoms with Crippen molar-refractivity contribution < 1.29 is 4.92 Å². The molecule has 1 aliphatic heterocycles. The molecule has 98 valence electrons. The molecule has 2 rings (SSSR count). The fraction of sp³-hybridized carbons (Fsp3) is 0.500. The van der Waals surface area contributed by atoms with Crippen LogP contribution in [-0.4, -0.2) is 36.0 Å². The Morgan fingerprint density at radius 3 is 2.94 bits per heavy atom. The molecule has 0 bridgehead atoms. The molecule has 1 N–H and O–H groups in total. The van der Waals surface area contributed by atoms with Crippen molar-refractivity contribution in [3.05, 3.63) is 38.9 Å². The minimum absolute atomic E-state index is 0.0429. The number of hydrogen-bond acceptors (Lipinski definition) is 4. The van der Waals surface area contributed by atoms with Gasteiger partial charge in [-0.1, -0.05) is 11.6 Å². The maximum Gasteiger partial charge on any atom is 0.270 e. The molecule has 18 heavy (non-hydrogen) atoms. The second kappa shape index (κ2) is 6.13. The van der Waals surface area contributed by atoms with Crippen molar-refractivity contribution in [1.29, 1.82) is 0 Å². The highest BCUT2D eigenvalue weighted by atomic mass is 35.5. The van der Waals surface area contributed by atoms with Crippen LogP contribution in [0.2, 0.25) is 5.02 Å². The van der Waals surface area contributed by atoms with Crippen molar-refractivity contribution in [2.24, 2.45) is 0 Å². The van der Waals surface area contributed by atoms with Gasteiger partial charge in [0.1, 0.15) is 0 Å². The number of non-ortho nitro benzene ring substituents is 1. The van der Waals surface area contributed by atoms with E-state index < -0.39 is 4.92 Å². The fourth-order valence-electron chi connectivity index (χ4n) is 2.08. The standard InChI is InChI=1S/C12H16ClN3O2/c13-12-8-11(16(17)18)3-2-10(12)9-15-6-1-4-14-5-7-15/h2-3,8,14H,1,4-7,9H2. The highest BCUT2D eigenvalue weighted by Crippen LogP contribution is 2.23. The van der Waals surface area contributed by atoms with Gasteiger partial charge in [0, 0.05) is 31.8 Å². The molecule has 5 nitrogen and oxygen atoms in total. The summed E-state index contributed by atoms with van der Waals surface area (Å²) in [4.78, 5) is 12.5. The Morgan fingerprint density at radius 1 is 1.39 bits per heavy atom. The van der Waals surface area contributed by atoms with E-state index in [-0.39, 0.29) is 5.69 Å². The number of hydrogen-bond donors (Lipinski definition) is 1. The molecule has 0 unspecified atom stereocenters. The average Bonchev–Trinajstić information content (AvgIpc) is 2.60. The molecule has 1 aromatic carbocycles. The largest absolute Gasteiger partial charge is 0.315 e. The lowest BCUT2D eigenvalue weighted by Crippen LogP contribution is -2.27. The minimum Gasteiger partial charge on any atom is -0.315 e. The maximum atomic E-state index is 10.6. The van der Waals surface area contributed by atoms with E-state index in [1.807, 2.05) is 0 Å². The van der Waals surface area contributed by atoms with Crippen LogP contribution in [0.3, 0.4) is 0 Å². The van der Waals surface area contributed by atoms with E-state index in [1.54, 1.807) is 6.07 Å². The third-order valence-electron chi connectivity index (χ3n) is 3.07. The summed E-state index contributed by atoms with van der Waals surface area (Å²) in [5.41, 5.74) is 0.991. The average molecular weight is 270 g/mol. The van der Waals surface area contributed by atoms with Gasteiger partial charge in [0.05, 0.1) is 9.95 Å². The molecule has 0 radical (unpaired) electrons. The van der Waals surface area contributed by atoms with Crippen LogP contribution < -0.4 is 5.32 Å². The summed E-state index contributed by atoms with van der Waals surface area (Å²) in [7, 11) is 0. The Hall–Kier alpha value is -1.17. The SMILES string of the molecule is O=[N+]([O-])c1ccc(CN2CCCNCC2)c(Cl)c1. The Kier molecular flexibility index (Phi) is 4.52. The van der Waals surface area contributed by atoms with Crippen LogP contribution in [0.5, 0.6) is 0 Å². The zero-order valence-electron chi connectivity index (χ0n) is 10.1. The van der Waals surface area contributed by atoms with Crippen molar-refractivity contribution in [2.45, 2.75) is 13.0 Å². The van der Waals surface area contributed by atoms with Gasteiger partial charge in [-0.3, -0.25) is 15.0 Å². The molecular weight excluding hydrogens is 254 g/mol. The van der Waals surface area contributed by atoms with Gasteiger partial charge in [0.15, 0.2) is 0 Å². The lowest BCUT2D eigenvalue weighted by atomic mass is 10.2. The van der Waals surface area contributed by atoms with Crippen molar-refractivity contribution in [3.8, 4) is 0 Å². The van der Waals surface area contributed by atoms with Crippen molar-refractivity contribution >= 4 is 17.3 Å². The predicted octanol–water partition coefficient (Wildman–Crippen LogP) is 2.04. The topological polar surface area (TPSA) is 58.4 Å². The number of nitro benzene ring substituents is 1. The van der Waals surface area contributed by atoms with Crippen molar-refractivity contribution in [2.75, 3.05) is 26.2 Å². The van der Waals surface area contributed by atoms with Crippen molar-refractivity contribution in [1.82, 2.24) is 10.2 Å². The number of halogens is 1.